The first-order valence-corrected chi connectivity index (χ1v) is 11.2. The number of benzene rings is 3. The summed E-state index contributed by atoms with van der Waals surface area (Å²) in [5.74, 6) is 1.18. The monoisotopic (exact) mass is 450 g/mol. The van der Waals surface area contributed by atoms with Crippen LogP contribution in [0.15, 0.2) is 83.3 Å². The Balaban J connectivity index is 1.64. The Hall–Kier alpha value is -4.30. The van der Waals surface area contributed by atoms with Gasteiger partial charge in [-0.05, 0) is 35.6 Å². The van der Waals surface area contributed by atoms with Gasteiger partial charge in [0.1, 0.15) is 23.1 Å². The highest BCUT2D eigenvalue weighted by molar-refractivity contribution is 5.96. The molecule has 0 atom stereocenters. The van der Waals surface area contributed by atoms with Crippen LogP contribution in [-0.2, 0) is 4.79 Å². The Morgan fingerprint density at radius 1 is 1.00 bits per heavy atom. The molecule has 0 aliphatic carbocycles. The van der Waals surface area contributed by atoms with Crippen molar-refractivity contribution in [1.82, 2.24) is 0 Å². The molecular formula is C29H26N2O3. The van der Waals surface area contributed by atoms with Gasteiger partial charge in [0, 0.05) is 11.1 Å². The lowest BCUT2D eigenvalue weighted by Gasteiger charge is -2.14. The molecule has 170 valence electrons. The zero-order valence-electron chi connectivity index (χ0n) is 19.5. The molecule has 0 aliphatic heterocycles. The molecule has 1 aromatic heterocycles. The molecule has 0 radical (unpaired) electrons. The third-order valence-electron chi connectivity index (χ3n) is 5.52. The van der Waals surface area contributed by atoms with E-state index in [1.807, 2.05) is 85.8 Å². The minimum absolute atomic E-state index is 0.113. The maximum absolute atomic E-state index is 12.8. The molecule has 0 unspecified atom stereocenters. The number of rotatable bonds is 7. The van der Waals surface area contributed by atoms with Gasteiger partial charge in [-0.1, -0.05) is 86.6 Å². The zero-order chi connectivity index (χ0) is 24.1. The van der Waals surface area contributed by atoms with Gasteiger partial charge in [0.2, 0.25) is 5.88 Å². The van der Waals surface area contributed by atoms with Gasteiger partial charge in [0.15, 0.2) is 6.61 Å². The summed E-state index contributed by atoms with van der Waals surface area (Å²) in [5.41, 5.74) is 4.66. The van der Waals surface area contributed by atoms with Crippen molar-refractivity contribution >= 4 is 11.8 Å². The largest absolute Gasteiger partial charge is 0.483 e. The van der Waals surface area contributed by atoms with Gasteiger partial charge in [-0.3, -0.25) is 10.1 Å². The van der Waals surface area contributed by atoms with E-state index in [0.29, 0.717) is 17.1 Å². The second-order valence-electron chi connectivity index (χ2n) is 8.39. The van der Waals surface area contributed by atoms with Crippen LogP contribution in [0, 0.1) is 18.3 Å². The number of carbonyl (C=O) groups is 1. The van der Waals surface area contributed by atoms with Crippen LogP contribution >= 0.6 is 0 Å². The van der Waals surface area contributed by atoms with E-state index in [2.05, 4.69) is 25.2 Å². The van der Waals surface area contributed by atoms with Crippen LogP contribution < -0.4 is 10.1 Å². The molecule has 5 heteroatoms. The molecule has 0 saturated carbocycles. The standard InChI is InChI=1S/C29H26N2O3/c1-19(2)23-15-14-20(3)16-25(23)33-18-26(32)31-29-24(17-30)27(21-10-6-4-7-11-21)28(34-29)22-12-8-5-9-13-22/h4-16,19H,18H2,1-3H3,(H,31,32). The van der Waals surface area contributed by atoms with Gasteiger partial charge in [0.25, 0.3) is 5.91 Å². The lowest BCUT2D eigenvalue weighted by atomic mass is 9.98. The second kappa shape index (κ2) is 10.1. The number of carbonyl (C=O) groups excluding carboxylic acids is 1. The number of hydrogen-bond acceptors (Lipinski definition) is 4. The Labute approximate surface area is 199 Å². The van der Waals surface area contributed by atoms with Crippen LogP contribution in [0.25, 0.3) is 22.5 Å². The number of anilines is 1. The predicted octanol–water partition coefficient (Wildman–Crippen LogP) is 6.93. The first-order chi connectivity index (χ1) is 16.5. The number of ether oxygens (including phenoxy) is 1. The van der Waals surface area contributed by atoms with Crippen LogP contribution in [0.2, 0.25) is 0 Å². The second-order valence-corrected chi connectivity index (χ2v) is 8.39. The number of amides is 1. The van der Waals surface area contributed by atoms with Crippen LogP contribution in [0.5, 0.6) is 5.75 Å². The number of nitriles is 1. The third-order valence-corrected chi connectivity index (χ3v) is 5.52. The number of aryl methyl sites for hydroxylation is 1. The molecule has 4 rings (SSSR count). The number of nitrogens with one attached hydrogen (secondary N) is 1. The molecule has 0 spiro atoms. The van der Waals surface area contributed by atoms with E-state index in [4.69, 9.17) is 9.15 Å². The van der Waals surface area contributed by atoms with E-state index in [9.17, 15) is 10.1 Å². The lowest BCUT2D eigenvalue weighted by molar-refractivity contribution is -0.118. The fourth-order valence-electron chi connectivity index (χ4n) is 3.85. The molecule has 3 aromatic carbocycles. The molecule has 0 bridgehead atoms. The number of nitrogens with zero attached hydrogens (tertiary/aromatic N) is 1. The van der Waals surface area contributed by atoms with Crippen LogP contribution in [0.3, 0.4) is 0 Å². The Bertz CT molecular complexity index is 1330. The van der Waals surface area contributed by atoms with Gasteiger partial charge < -0.3 is 9.15 Å². The minimum Gasteiger partial charge on any atom is -0.483 e. The molecule has 1 heterocycles. The fourth-order valence-corrected chi connectivity index (χ4v) is 3.85. The van der Waals surface area contributed by atoms with Crippen molar-refractivity contribution in [2.75, 3.05) is 11.9 Å². The average Bonchev–Trinajstić information content (AvgIpc) is 3.21. The first kappa shape index (κ1) is 22.9. The van der Waals surface area contributed by atoms with E-state index in [0.717, 1.165) is 22.3 Å². The van der Waals surface area contributed by atoms with E-state index in [-0.39, 0.29) is 24.0 Å². The van der Waals surface area contributed by atoms with Crippen LogP contribution in [-0.4, -0.2) is 12.5 Å². The summed E-state index contributed by atoms with van der Waals surface area (Å²) in [6.45, 7) is 5.94. The molecule has 0 fully saturated rings. The highest BCUT2D eigenvalue weighted by atomic mass is 16.5. The molecule has 0 saturated heterocycles. The average molecular weight is 451 g/mol. The highest BCUT2D eigenvalue weighted by Gasteiger charge is 2.24. The van der Waals surface area contributed by atoms with Gasteiger partial charge in [0.05, 0.1) is 0 Å². The smallest absolute Gasteiger partial charge is 0.264 e. The van der Waals surface area contributed by atoms with E-state index in [1.165, 1.54) is 0 Å². The normalized spacial score (nSPS) is 10.7. The van der Waals surface area contributed by atoms with Crippen LogP contribution in [0.4, 0.5) is 5.88 Å². The Kier molecular flexibility index (Phi) is 6.79. The summed E-state index contributed by atoms with van der Waals surface area (Å²) in [5, 5.41) is 12.7. The molecule has 0 aliphatic rings. The van der Waals surface area contributed by atoms with Crippen molar-refractivity contribution in [3.8, 4) is 34.3 Å². The van der Waals surface area contributed by atoms with Gasteiger partial charge in [-0.2, -0.15) is 5.26 Å². The topological polar surface area (TPSA) is 75.3 Å². The molecule has 1 N–H and O–H groups in total. The van der Waals surface area contributed by atoms with Gasteiger partial charge in [-0.25, -0.2) is 0 Å². The summed E-state index contributed by atoms with van der Waals surface area (Å²) < 4.78 is 11.9. The van der Waals surface area contributed by atoms with Gasteiger partial charge >= 0.3 is 0 Å². The lowest BCUT2D eigenvalue weighted by Crippen LogP contribution is -2.20. The van der Waals surface area contributed by atoms with E-state index < -0.39 is 5.91 Å². The van der Waals surface area contributed by atoms with E-state index in [1.54, 1.807) is 0 Å². The SMILES string of the molecule is Cc1ccc(C(C)C)c(OCC(=O)Nc2oc(-c3ccccc3)c(-c3ccccc3)c2C#N)c1. The molecule has 5 nitrogen and oxygen atoms in total. The van der Waals surface area contributed by atoms with Gasteiger partial charge in [-0.15, -0.1) is 0 Å². The number of hydrogen-bond donors (Lipinski definition) is 1. The zero-order valence-corrected chi connectivity index (χ0v) is 19.5. The summed E-state index contributed by atoms with van der Waals surface area (Å²) in [4.78, 5) is 12.8. The van der Waals surface area contributed by atoms with Crippen LogP contribution in [0.1, 0.15) is 36.5 Å². The van der Waals surface area contributed by atoms with E-state index >= 15 is 0 Å². The van der Waals surface area contributed by atoms with Crippen molar-refractivity contribution in [2.45, 2.75) is 26.7 Å². The van der Waals surface area contributed by atoms with Crippen molar-refractivity contribution in [3.63, 3.8) is 0 Å². The highest BCUT2D eigenvalue weighted by Crippen LogP contribution is 2.41. The summed E-state index contributed by atoms with van der Waals surface area (Å²) in [6, 6.07) is 27.3. The summed E-state index contributed by atoms with van der Waals surface area (Å²) >= 11 is 0. The molecule has 34 heavy (non-hydrogen) atoms. The number of furan rings is 1. The molecule has 1 amide bonds. The maximum atomic E-state index is 12.8. The molecule has 4 aromatic rings. The first-order valence-electron chi connectivity index (χ1n) is 11.2. The van der Waals surface area contributed by atoms with Crippen molar-refractivity contribution in [3.05, 3.63) is 95.6 Å². The minimum atomic E-state index is -0.402. The van der Waals surface area contributed by atoms with Crippen molar-refractivity contribution < 1.29 is 13.9 Å². The Morgan fingerprint density at radius 3 is 2.26 bits per heavy atom. The maximum Gasteiger partial charge on any atom is 0.264 e. The third kappa shape index (κ3) is 4.87. The van der Waals surface area contributed by atoms with Crippen molar-refractivity contribution in [2.24, 2.45) is 0 Å². The summed E-state index contributed by atoms with van der Waals surface area (Å²) in [7, 11) is 0. The predicted molar refractivity (Wildman–Crippen MR) is 134 cm³/mol. The summed E-state index contributed by atoms with van der Waals surface area (Å²) in [6.07, 6.45) is 0. The quantitative estimate of drug-likeness (QED) is 0.331. The molecular weight excluding hydrogens is 424 g/mol. The van der Waals surface area contributed by atoms with Crippen molar-refractivity contribution in [1.29, 1.82) is 5.26 Å². The fraction of sp³-hybridized carbons (Fsp3) is 0.172. The Morgan fingerprint density at radius 2 is 1.65 bits per heavy atom.